The molecule has 0 saturated carbocycles. The Hall–Kier alpha value is -4.52. The number of nitriles is 1. The van der Waals surface area contributed by atoms with Crippen molar-refractivity contribution in [2.24, 2.45) is 0 Å². The van der Waals surface area contributed by atoms with E-state index in [2.05, 4.69) is 21.0 Å². The van der Waals surface area contributed by atoms with E-state index in [1.807, 2.05) is 4.90 Å². The average molecular weight is 440 g/mol. The number of aromatic amines is 1. The second-order valence-electron chi connectivity index (χ2n) is 7.90. The summed E-state index contributed by atoms with van der Waals surface area (Å²) < 4.78 is 17.1. The Bertz CT molecular complexity index is 1630. The molecule has 0 radical (unpaired) electrons. The molecule has 0 spiro atoms. The van der Waals surface area contributed by atoms with E-state index in [0.717, 1.165) is 6.42 Å². The third-order valence-electron chi connectivity index (χ3n) is 6.05. The van der Waals surface area contributed by atoms with E-state index in [1.165, 1.54) is 23.0 Å². The maximum atomic E-state index is 14.1. The van der Waals surface area contributed by atoms with Crippen molar-refractivity contribution in [2.45, 2.75) is 18.9 Å². The fraction of sp³-hybridized carbons (Fsp3) is 0.174. The lowest BCUT2D eigenvalue weighted by Gasteiger charge is -2.27. The third-order valence-corrected chi connectivity index (χ3v) is 6.05. The highest BCUT2D eigenvalue weighted by Gasteiger charge is 2.34. The number of fused-ring (bicyclic) bond motifs is 2. The number of nitrogens with zero attached hydrogens (tertiary/aromatic N) is 7. The number of aromatic nitrogens is 6. The first-order valence-electron chi connectivity index (χ1n) is 10.5. The van der Waals surface area contributed by atoms with Crippen molar-refractivity contribution in [3.8, 4) is 11.8 Å². The Labute approximate surface area is 186 Å². The molecule has 9 nitrogen and oxygen atoms in total. The van der Waals surface area contributed by atoms with Gasteiger partial charge in [-0.3, -0.25) is 9.36 Å². The lowest BCUT2D eigenvalue weighted by molar-refractivity contribution is 0.596. The van der Waals surface area contributed by atoms with E-state index >= 15 is 0 Å². The van der Waals surface area contributed by atoms with Gasteiger partial charge in [0.2, 0.25) is 0 Å². The predicted molar refractivity (Wildman–Crippen MR) is 119 cm³/mol. The molecular weight excluding hydrogens is 423 g/mol. The van der Waals surface area contributed by atoms with Crippen LogP contribution in [0.15, 0.2) is 59.9 Å². The molecule has 4 aromatic heterocycles. The van der Waals surface area contributed by atoms with Crippen LogP contribution in [-0.4, -0.2) is 35.7 Å². The van der Waals surface area contributed by atoms with Gasteiger partial charge in [-0.1, -0.05) is 6.07 Å². The van der Waals surface area contributed by atoms with Crippen molar-refractivity contribution in [3.63, 3.8) is 0 Å². The molecule has 1 atom stereocenters. The van der Waals surface area contributed by atoms with E-state index in [1.54, 1.807) is 41.2 Å². The number of rotatable bonds is 3. The zero-order valence-corrected chi connectivity index (χ0v) is 17.3. The van der Waals surface area contributed by atoms with Crippen LogP contribution in [-0.2, 0) is 0 Å². The normalized spacial score (nSPS) is 16.0. The van der Waals surface area contributed by atoms with Crippen molar-refractivity contribution >= 4 is 22.4 Å². The van der Waals surface area contributed by atoms with Crippen LogP contribution < -0.4 is 10.5 Å². The summed E-state index contributed by atoms with van der Waals surface area (Å²) in [4.78, 5) is 27.3. The lowest BCUT2D eigenvalue weighted by atomic mass is 10.1. The van der Waals surface area contributed by atoms with E-state index < -0.39 is 5.82 Å². The van der Waals surface area contributed by atoms with Crippen LogP contribution in [0.1, 0.15) is 30.3 Å². The second-order valence-corrected chi connectivity index (χ2v) is 7.90. The topological polar surface area (TPSA) is 108 Å². The van der Waals surface area contributed by atoms with Crippen molar-refractivity contribution in [2.75, 3.05) is 11.4 Å². The van der Waals surface area contributed by atoms with Crippen LogP contribution in [0, 0.1) is 17.1 Å². The average Bonchev–Trinajstić information content (AvgIpc) is 3.57. The summed E-state index contributed by atoms with van der Waals surface area (Å²) in [6.45, 7) is 0.662. The number of nitrogens with one attached hydrogen (secondary N) is 1. The van der Waals surface area contributed by atoms with Gasteiger partial charge < -0.3 is 9.88 Å². The molecule has 1 saturated heterocycles. The van der Waals surface area contributed by atoms with Crippen LogP contribution in [0.5, 0.6) is 0 Å². The highest BCUT2D eigenvalue weighted by Crippen LogP contribution is 2.38. The molecule has 1 N–H and O–H groups in total. The minimum Gasteiger partial charge on any atom is -0.346 e. The standard InChI is InChI=1S/C23H17FN8O/c24-15-4-1-5-16(10-15)32-21(29-31-9-3-7-18(31)23(32)33)17-6-2-8-30(17)22-19-14(11-25)12-26-20(19)27-13-28-22/h1,3-5,7,9-10,12-13,17H,2,6,8H2,(H,26,27,28)/t17-/m0/s1. The third kappa shape index (κ3) is 2.90. The van der Waals surface area contributed by atoms with E-state index in [-0.39, 0.29) is 11.6 Å². The number of hydrogen-bond acceptors (Lipinski definition) is 6. The van der Waals surface area contributed by atoms with Gasteiger partial charge in [0, 0.05) is 18.9 Å². The first-order chi connectivity index (χ1) is 16.2. The van der Waals surface area contributed by atoms with E-state index in [4.69, 9.17) is 5.10 Å². The van der Waals surface area contributed by atoms with Crippen LogP contribution in [0.3, 0.4) is 0 Å². The Morgan fingerprint density at radius 3 is 2.97 bits per heavy atom. The minimum absolute atomic E-state index is 0.283. The lowest BCUT2D eigenvalue weighted by Crippen LogP contribution is -2.33. The molecule has 1 aliphatic heterocycles. The number of anilines is 1. The molecule has 10 heteroatoms. The molecule has 0 unspecified atom stereocenters. The van der Waals surface area contributed by atoms with Crippen LogP contribution in [0.25, 0.3) is 22.2 Å². The molecule has 33 heavy (non-hydrogen) atoms. The van der Waals surface area contributed by atoms with Gasteiger partial charge in [0.25, 0.3) is 5.56 Å². The van der Waals surface area contributed by atoms with Gasteiger partial charge in [-0.25, -0.2) is 18.9 Å². The Kier molecular flexibility index (Phi) is 4.23. The Balaban J connectivity index is 1.60. The number of benzene rings is 1. The Morgan fingerprint density at radius 2 is 2.12 bits per heavy atom. The molecular formula is C23H17FN8O. The molecule has 0 amide bonds. The molecule has 6 rings (SSSR count). The number of halogens is 1. The van der Waals surface area contributed by atoms with Crippen molar-refractivity contribution < 1.29 is 4.39 Å². The van der Waals surface area contributed by atoms with Gasteiger partial charge in [0.15, 0.2) is 5.82 Å². The maximum Gasteiger partial charge on any atom is 0.282 e. The molecule has 0 aliphatic carbocycles. The first kappa shape index (κ1) is 19.2. The zero-order valence-electron chi connectivity index (χ0n) is 17.3. The smallest absolute Gasteiger partial charge is 0.282 e. The second kappa shape index (κ2) is 7.27. The first-order valence-corrected chi connectivity index (χ1v) is 10.5. The maximum absolute atomic E-state index is 14.1. The fourth-order valence-corrected chi connectivity index (χ4v) is 4.62. The molecule has 1 fully saturated rings. The fourth-order valence-electron chi connectivity index (χ4n) is 4.62. The number of H-pyrrole nitrogens is 1. The van der Waals surface area contributed by atoms with E-state index in [9.17, 15) is 14.4 Å². The van der Waals surface area contributed by atoms with E-state index in [0.29, 0.717) is 52.4 Å². The SMILES string of the molecule is N#Cc1c[nH]c2ncnc(N3CCC[C@H]3c3nn4cccc4c(=O)n3-c3cccc(F)c3)c12. The van der Waals surface area contributed by atoms with Gasteiger partial charge in [-0.2, -0.15) is 10.4 Å². The van der Waals surface area contributed by atoms with Crippen molar-refractivity contribution in [1.82, 2.24) is 29.1 Å². The van der Waals surface area contributed by atoms with Gasteiger partial charge in [-0.05, 0) is 43.2 Å². The number of hydrogen-bond donors (Lipinski definition) is 1. The highest BCUT2D eigenvalue weighted by atomic mass is 19.1. The van der Waals surface area contributed by atoms with Crippen molar-refractivity contribution in [1.29, 1.82) is 5.26 Å². The highest BCUT2D eigenvalue weighted by molar-refractivity contribution is 5.93. The molecule has 1 aliphatic rings. The summed E-state index contributed by atoms with van der Waals surface area (Å²) in [6, 6.07) is 11.2. The van der Waals surface area contributed by atoms with Crippen molar-refractivity contribution in [3.05, 3.63) is 82.7 Å². The van der Waals surface area contributed by atoms with Gasteiger partial charge in [0.1, 0.15) is 35.2 Å². The molecule has 0 bridgehead atoms. The van der Waals surface area contributed by atoms with Crippen LogP contribution >= 0.6 is 0 Å². The minimum atomic E-state index is -0.438. The monoisotopic (exact) mass is 440 g/mol. The summed E-state index contributed by atoms with van der Waals surface area (Å²) in [5.41, 5.74) is 1.54. The quantitative estimate of drug-likeness (QED) is 0.462. The molecule has 5 aromatic rings. The predicted octanol–water partition coefficient (Wildman–Crippen LogP) is 3.11. The van der Waals surface area contributed by atoms with Crippen LogP contribution in [0.4, 0.5) is 10.2 Å². The van der Waals surface area contributed by atoms with Gasteiger partial charge >= 0.3 is 0 Å². The molecule has 1 aromatic carbocycles. The summed E-state index contributed by atoms with van der Waals surface area (Å²) in [5.74, 6) is 0.646. The molecule has 5 heterocycles. The summed E-state index contributed by atoms with van der Waals surface area (Å²) >= 11 is 0. The summed E-state index contributed by atoms with van der Waals surface area (Å²) in [7, 11) is 0. The van der Waals surface area contributed by atoms with Gasteiger partial charge in [-0.15, -0.1) is 0 Å². The largest absolute Gasteiger partial charge is 0.346 e. The zero-order chi connectivity index (χ0) is 22.5. The molecule has 162 valence electrons. The Morgan fingerprint density at radius 1 is 1.21 bits per heavy atom. The van der Waals surface area contributed by atoms with Crippen LogP contribution in [0.2, 0.25) is 0 Å². The van der Waals surface area contributed by atoms with Gasteiger partial charge in [0.05, 0.1) is 22.7 Å². The summed E-state index contributed by atoms with van der Waals surface area (Å²) in [6.07, 6.45) is 6.34. The summed E-state index contributed by atoms with van der Waals surface area (Å²) in [5, 5.41) is 15.0.